The van der Waals surface area contributed by atoms with Crippen molar-refractivity contribution < 1.29 is 14.7 Å². The summed E-state index contributed by atoms with van der Waals surface area (Å²) in [7, 11) is 0. The van der Waals surface area contributed by atoms with Crippen LogP contribution in [0.3, 0.4) is 0 Å². The molecule has 11 nitrogen and oxygen atoms in total. The van der Waals surface area contributed by atoms with Gasteiger partial charge in [0.25, 0.3) is 5.91 Å². The van der Waals surface area contributed by atoms with Gasteiger partial charge in [-0.2, -0.15) is 0 Å². The number of piperazine rings is 1. The highest BCUT2D eigenvalue weighted by Crippen LogP contribution is 2.14. The van der Waals surface area contributed by atoms with Gasteiger partial charge in [-0.1, -0.05) is 25.1 Å². The molecule has 0 aliphatic carbocycles. The minimum atomic E-state index is -0.597. The molecule has 0 saturated carbocycles. The van der Waals surface area contributed by atoms with Gasteiger partial charge in [0.05, 0.1) is 0 Å². The third-order valence-electron chi connectivity index (χ3n) is 5.79. The molecular formula is C24H34N8O3. The highest BCUT2D eigenvalue weighted by atomic mass is 16.3. The van der Waals surface area contributed by atoms with E-state index in [2.05, 4.69) is 25.5 Å². The van der Waals surface area contributed by atoms with Gasteiger partial charge in [0.15, 0.2) is 12.1 Å². The Hall–Kier alpha value is -3.57. The molecule has 3 rings (SSSR count). The van der Waals surface area contributed by atoms with E-state index in [1.807, 2.05) is 44.2 Å². The molecule has 2 unspecified atom stereocenters. The molecule has 1 aromatic carbocycles. The Morgan fingerprint density at radius 2 is 1.94 bits per heavy atom. The average molecular weight is 483 g/mol. The molecule has 35 heavy (non-hydrogen) atoms. The number of anilines is 1. The Balaban J connectivity index is 1.57. The van der Waals surface area contributed by atoms with E-state index < -0.39 is 12.8 Å². The number of para-hydroxylation sites is 1. The van der Waals surface area contributed by atoms with Gasteiger partial charge in [-0.05, 0) is 25.1 Å². The predicted molar refractivity (Wildman–Crippen MR) is 137 cm³/mol. The first kappa shape index (κ1) is 26.0. The van der Waals surface area contributed by atoms with Gasteiger partial charge in [0, 0.05) is 56.5 Å². The van der Waals surface area contributed by atoms with Crippen LogP contribution in [0.25, 0.3) is 0 Å². The van der Waals surface area contributed by atoms with Crippen LogP contribution in [0.5, 0.6) is 0 Å². The number of carbonyl (C=O) groups is 2. The van der Waals surface area contributed by atoms with Crippen LogP contribution in [0.4, 0.5) is 5.69 Å². The monoisotopic (exact) mass is 482 g/mol. The second kappa shape index (κ2) is 12.8. The molecule has 0 bridgehead atoms. The lowest BCUT2D eigenvalue weighted by Gasteiger charge is -2.36. The molecule has 188 valence electrons. The Morgan fingerprint density at radius 1 is 1.23 bits per heavy atom. The number of hydrogen-bond acceptors (Lipinski definition) is 7. The van der Waals surface area contributed by atoms with Crippen molar-refractivity contribution in [2.24, 2.45) is 20.7 Å². The van der Waals surface area contributed by atoms with Crippen molar-refractivity contribution >= 4 is 35.5 Å². The largest absolute Gasteiger partial charge is 0.387 e. The van der Waals surface area contributed by atoms with E-state index in [1.165, 1.54) is 0 Å². The maximum absolute atomic E-state index is 12.6. The number of aliphatic hydroxyl groups is 1. The predicted octanol–water partition coefficient (Wildman–Crippen LogP) is 0.547. The number of benzene rings is 1. The molecule has 2 atom stereocenters. The summed E-state index contributed by atoms with van der Waals surface area (Å²) in [6.07, 6.45) is 3.70. The van der Waals surface area contributed by atoms with Gasteiger partial charge in [-0.15, -0.1) is 0 Å². The maximum Gasteiger partial charge on any atom is 0.251 e. The van der Waals surface area contributed by atoms with Crippen molar-refractivity contribution in [1.82, 2.24) is 15.1 Å². The summed E-state index contributed by atoms with van der Waals surface area (Å²) < 4.78 is 0. The maximum atomic E-state index is 12.6. The van der Waals surface area contributed by atoms with E-state index in [0.717, 1.165) is 5.69 Å². The molecule has 1 saturated heterocycles. The van der Waals surface area contributed by atoms with E-state index in [-0.39, 0.29) is 23.9 Å². The molecule has 1 fully saturated rings. The summed E-state index contributed by atoms with van der Waals surface area (Å²) in [6, 6.07) is 9.26. The van der Waals surface area contributed by atoms with E-state index >= 15 is 0 Å². The SMILES string of the molecule is CCC(=NC(C)N1CCN(C(=O)CO)CC1)NC(N)=NC1C=C(C(=O)Nc2ccccc2)CC=N1. The minimum Gasteiger partial charge on any atom is -0.387 e. The van der Waals surface area contributed by atoms with Crippen LogP contribution in [-0.2, 0) is 9.59 Å². The van der Waals surface area contributed by atoms with Crippen molar-refractivity contribution in [2.75, 3.05) is 38.1 Å². The number of guanidine groups is 1. The number of hydrogen-bond donors (Lipinski definition) is 4. The van der Waals surface area contributed by atoms with Gasteiger partial charge in [-0.25, -0.2) is 4.99 Å². The Labute approximate surface area is 205 Å². The molecule has 2 aliphatic rings. The summed E-state index contributed by atoms with van der Waals surface area (Å²) in [5.41, 5.74) is 7.42. The zero-order valence-corrected chi connectivity index (χ0v) is 20.2. The number of carbonyl (C=O) groups excluding carboxylic acids is 2. The van der Waals surface area contributed by atoms with Crippen LogP contribution in [-0.4, -0.2) is 89.8 Å². The topological polar surface area (TPSA) is 148 Å². The van der Waals surface area contributed by atoms with Gasteiger partial charge in [-0.3, -0.25) is 24.5 Å². The first-order chi connectivity index (χ1) is 16.9. The minimum absolute atomic E-state index is 0.113. The molecule has 2 aliphatic heterocycles. The molecular weight excluding hydrogens is 448 g/mol. The molecule has 11 heteroatoms. The Bertz CT molecular complexity index is 997. The molecule has 0 radical (unpaired) electrons. The lowest BCUT2D eigenvalue weighted by atomic mass is 10.1. The van der Waals surface area contributed by atoms with Crippen molar-refractivity contribution in [2.45, 2.75) is 39.0 Å². The third-order valence-corrected chi connectivity index (χ3v) is 5.79. The normalized spacial score (nSPS) is 20.3. The van der Waals surface area contributed by atoms with Crippen LogP contribution < -0.4 is 16.4 Å². The smallest absolute Gasteiger partial charge is 0.251 e. The van der Waals surface area contributed by atoms with Crippen molar-refractivity contribution in [3.8, 4) is 0 Å². The third kappa shape index (κ3) is 7.72. The summed E-state index contributed by atoms with van der Waals surface area (Å²) in [5.74, 6) is 0.401. The average Bonchev–Trinajstić information content (AvgIpc) is 2.88. The van der Waals surface area contributed by atoms with E-state index in [4.69, 9.17) is 15.8 Å². The standard InChI is InChI=1S/C24H34N8O3/c1-3-20(27-17(2)31-11-13-32(14-12-31)22(34)16-33)29-24(25)30-21-15-18(9-10-26-21)23(35)28-19-7-5-4-6-8-19/h4-8,10,15,17,21,33H,3,9,11-14,16H2,1-2H3,(H,28,35)(H3,25,27,29,30). The van der Waals surface area contributed by atoms with Crippen LogP contribution in [0.1, 0.15) is 26.7 Å². The van der Waals surface area contributed by atoms with Crippen molar-refractivity contribution in [1.29, 1.82) is 0 Å². The number of rotatable bonds is 7. The Kier molecular flexibility index (Phi) is 9.50. The Morgan fingerprint density at radius 3 is 2.60 bits per heavy atom. The van der Waals surface area contributed by atoms with Crippen LogP contribution >= 0.6 is 0 Å². The molecule has 2 heterocycles. The first-order valence-electron chi connectivity index (χ1n) is 11.8. The van der Waals surface area contributed by atoms with Crippen LogP contribution in [0.15, 0.2) is 57.0 Å². The number of nitrogens with one attached hydrogen (secondary N) is 2. The fraction of sp³-hybridized carbons (Fsp3) is 0.458. The highest BCUT2D eigenvalue weighted by Gasteiger charge is 2.23. The van der Waals surface area contributed by atoms with Gasteiger partial charge in [0.1, 0.15) is 18.6 Å². The van der Waals surface area contributed by atoms with Gasteiger partial charge >= 0.3 is 0 Å². The second-order valence-corrected chi connectivity index (χ2v) is 8.24. The zero-order valence-electron chi connectivity index (χ0n) is 20.2. The fourth-order valence-corrected chi connectivity index (χ4v) is 3.81. The quantitative estimate of drug-likeness (QED) is 0.329. The lowest BCUT2D eigenvalue weighted by Crippen LogP contribution is -2.52. The second-order valence-electron chi connectivity index (χ2n) is 8.24. The molecule has 0 aromatic heterocycles. The zero-order chi connectivity index (χ0) is 25.2. The van der Waals surface area contributed by atoms with E-state index in [9.17, 15) is 9.59 Å². The highest BCUT2D eigenvalue weighted by molar-refractivity contribution is 6.06. The number of aliphatic hydroxyl groups excluding tert-OH is 1. The van der Waals surface area contributed by atoms with Crippen LogP contribution in [0, 0.1) is 0 Å². The van der Waals surface area contributed by atoms with E-state index in [1.54, 1.807) is 17.2 Å². The number of aliphatic imine (C=N–C) groups is 3. The number of amides is 2. The molecule has 5 N–H and O–H groups in total. The van der Waals surface area contributed by atoms with Gasteiger partial charge < -0.3 is 26.4 Å². The van der Waals surface area contributed by atoms with E-state index in [0.29, 0.717) is 50.4 Å². The fourth-order valence-electron chi connectivity index (χ4n) is 3.81. The van der Waals surface area contributed by atoms with Crippen LogP contribution in [0.2, 0.25) is 0 Å². The lowest BCUT2D eigenvalue weighted by molar-refractivity contribution is -0.136. The summed E-state index contributed by atoms with van der Waals surface area (Å²) >= 11 is 0. The summed E-state index contributed by atoms with van der Waals surface area (Å²) in [5, 5.41) is 14.9. The van der Waals surface area contributed by atoms with Crippen molar-refractivity contribution in [3.05, 3.63) is 42.0 Å². The number of amidine groups is 1. The summed E-state index contributed by atoms with van der Waals surface area (Å²) in [4.78, 5) is 41.5. The van der Waals surface area contributed by atoms with Crippen molar-refractivity contribution in [3.63, 3.8) is 0 Å². The first-order valence-corrected chi connectivity index (χ1v) is 11.8. The molecule has 2 amide bonds. The molecule has 0 spiro atoms. The number of nitrogens with zero attached hydrogens (tertiary/aromatic N) is 5. The summed E-state index contributed by atoms with van der Waals surface area (Å²) in [6.45, 7) is 5.96. The number of dihydropyridines is 1. The molecule has 1 aromatic rings. The van der Waals surface area contributed by atoms with Gasteiger partial charge in [0.2, 0.25) is 5.91 Å². The number of nitrogens with two attached hydrogens (primary N) is 1.